The van der Waals surface area contributed by atoms with Gasteiger partial charge in [0.1, 0.15) is 6.61 Å². The highest BCUT2D eigenvalue weighted by Crippen LogP contribution is 2.43. The average molecular weight is 653 g/mol. The first-order valence-corrected chi connectivity index (χ1v) is 18.0. The van der Waals surface area contributed by atoms with Crippen LogP contribution in [0.1, 0.15) is 56.2 Å². The van der Waals surface area contributed by atoms with Crippen molar-refractivity contribution in [1.82, 2.24) is 15.0 Å². The second-order valence-electron chi connectivity index (χ2n) is 12.7. The number of aromatic nitrogens is 2. The molecule has 0 saturated carbocycles. The van der Waals surface area contributed by atoms with E-state index in [4.69, 9.17) is 9.47 Å². The second kappa shape index (κ2) is 15.1. The molecule has 0 spiro atoms. The molecule has 4 atom stereocenters. The van der Waals surface area contributed by atoms with Gasteiger partial charge in [0.25, 0.3) is 9.84 Å². The van der Waals surface area contributed by atoms with E-state index in [1.54, 1.807) is 18.2 Å². The summed E-state index contributed by atoms with van der Waals surface area (Å²) in [6.45, 7) is 4.86. The van der Waals surface area contributed by atoms with Crippen LogP contribution in [-0.4, -0.2) is 80.9 Å². The van der Waals surface area contributed by atoms with Gasteiger partial charge in [-0.3, -0.25) is 19.2 Å². The number of sulfone groups is 1. The Morgan fingerprint density at radius 1 is 1.00 bits per heavy atom. The van der Waals surface area contributed by atoms with Crippen molar-refractivity contribution in [3.05, 3.63) is 77.1 Å². The highest BCUT2D eigenvalue weighted by atomic mass is 32.2. The first-order valence-electron chi connectivity index (χ1n) is 16.6. The van der Waals surface area contributed by atoms with Crippen molar-refractivity contribution < 1.29 is 32.2 Å². The van der Waals surface area contributed by atoms with Crippen LogP contribution in [0.3, 0.4) is 0 Å². The molecule has 0 aliphatic carbocycles. The largest absolute Gasteiger partial charge is 0.463 e. The number of hydrogen-bond donors (Lipinski definition) is 0. The third-order valence-corrected chi connectivity index (χ3v) is 11.6. The number of carbonyl (C=O) groups excluding carboxylic acids is 1. The number of ether oxygens (including phenoxy) is 2. The molecule has 0 amide bonds. The monoisotopic (exact) mass is 652 g/mol. The predicted octanol–water partition coefficient (Wildman–Crippen LogP) is 3.79. The summed E-state index contributed by atoms with van der Waals surface area (Å²) in [7, 11) is -4.10. The van der Waals surface area contributed by atoms with Gasteiger partial charge in [0, 0.05) is 43.2 Å². The van der Waals surface area contributed by atoms with Crippen LogP contribution in [0.2, 0.25) is 0 Å². The van der Waals surface area contributed by atoms with Crippen LogP contribution >= 0.6 is 0 Å². The van der Waals surface area contributed by atoms with Gasteiger partial charge in [-0.1, -0.05) is 48.5 Å². The highest BCUT2D eigenvalue weighted by molar-refractivity contribution is 7.91. The minimum Gasteiger partial charge on any atom is -0.463 e. The van der Waals surface area contributed by atoms with Gasteiger partial charge in [0.15, 0.2) is 0 Å². The van der Waals surface area contributed by atoms with Crippen LogP contribution in [-0.2, 0) is 37.1 Å². The van der Waals surface area contributed by atoms with Crippen LogP contribution in [0.25, 0.3) is 0 Å². The molecule has 11 nitrogen and oxygen atoms in total. The lowest BCUT2D eigenvalue weighted by molar-refractivity contribution is -0.832. The first-order chi connectivity index (χ1) is 22.4. The molecule has 0 N–H and O–H groups in total. The smallest absolute Gasteiger partial charge is 0.316 e. The summed E-state index contributed by atoms with van der Waals surface area (Å²) in [5.41, 5.74) is 1.33. The molecule has 0 bridgehead atoms. The zero-order chi connectivity index (χ0) is 31.9. The lowest BCUT2D eigenvalue weighted by Gasteiger charge is -2.57. The minimum absolute atomic E-state index is 0.0134. The van der Waals surface area contributed by atoms with Gasteiger partial charge in [0.05, 0.1) is 18.1 Å². The Morgan fingerprint density at radius 3 is 2.52 bits per heavy atom. The maximum Gasteiger partial charge on any atom is 0.316 e. The van der Waals surface area contributed by atoms with Crippen molar-refractivity contribution in [3.8, 4) is 0 Å². The Kier molecular flexibility index (Phi) is 10.7. The number of carbonyl (C=O) groups is 1. The summed E-state index contributed by atoms with van der Waals surface area (Å²) < 4.78 is 41.4. The molecule has 0 radical (unpaired) electrons. The van der Waals surface area contributed by atoms with Gasteiger partial charge in [-0.2, -0.15) is 0 Å². The van der Waals surface area contributed by atoms with Gasteiger partial charge >= 0.3 is 11.0 Å². The number of nitrogens with zero attached hydrogens (tertiary/aromatic N) is 4. The van der Waals surface area contributed by atoms with E-state index in [9.17, 15) is 18.4 Å². The number of esters is 1. The van der Waals surface area contributed by atoms with Crippen molar-refractivity contribution in [1.29, 1.82) is 0 Å². The Labute approximate surface area is 270 Å². The van der Waals surface area contributed by atoms with E-state index in [-0.39, 0.29) is 47.7 Å². The highest BCUT2D eigenvalue weighted by Gasteiger charge is 2.48. The predicted molar refractivity (Wildman–Crippen MR) is 168 cm³/mol. The van der Waals surface area contributed by atoms with E-state index >= 15 is 0 Å². The number of rotatable bonds is 14. The lowest BCUT2D eigenvalue weighted by atomic mass is 9.69. The van der Waals surface area contributed by atoms with E-state index in [1.165, 1.54) is 56.5 Å². The normalized spacial score (nSPS) is 23.6. The summed E-state index contributed by atoms with van der Waals surface area (Å²) in [5, 5.41) is 15.2. The van der Waals surface area contributed by atoms with Crippen molar-refractivity contribution in [3.63, 3.8) is 0 Å². The van der Waals surface area contributed by atoms with Gasteiger partial charge < -0.3 is 14.7 Å². The maximum absolute atomic E-state index is 12.9. The summed E-state index contributed by atoms with van der Waals surface area (Å²) in [6, 6.07) is 19.5. The molecule has 3 aliphatic heterocycles. The summed E-state index contributed by atoms with van der Waals surface area (Å²) in [6.07, 6.45) is 7.30. The minimum atomic E-state index is -4.10. The molecular weight excluding hydrogens is 608 g/mol. The van der Waals surface area contributed by atoms with Crippen LogP contribution < -0.4 is 4.90 Å². The molecule has 2 aromatic carbocycles. The van der Waals surface area contributed by atoms with Crippen molar-refractivity contribution in [2.45, 2.75) is 79.9 Å². The molecule has 3 fully saturated rings. The fourth-order valence-electron chi connectivity index (χ4n) is 7.88. The van der Waals surface area contributed by atoms with E-state index in [1.807, 2.05) is 0 Å². The molecule has 3 aromatic rings. The van der Waals surface area contributed by atoms with Crippen molar-refractivity contribution >= 4 is 15.8 Å². The molecule has 3 saturated heterocycles. The fourth-order valence-corrected chi connectivity index (χ4v) is 9.30. The molecular formula is C34H44N4O7S. The molecule has 1 aromatic heterocycles. The zero-order valence-electron chi connectivity index (χ0n) is 26.2. The van der Waals surface area contributed by atoms with Crippen molar-refractivity contribution in [2.24, 2.45) is 11.8 Å². The Hall–Kier alpha value is -3.32. The van der Waals surface area contributed by atoms with Gasteiger partial charge in [-0.05, 0) is 86.0 Å². The van der Waals surface area contributed by atoms with E-state index < -0.39 is 14.9 Å². The van der Waals surface area contributed by atoms with Crippen LogP contribution in [0, 0.1) is 17.0 Å². The second-order valence-corrected chi connectivity index (χ2v) is 14.6. The number of benzene rings is 2. The fraction of sp³-hybridized carbons (Fsp3) is 0.559. The van der Waals surface area contributed by atoms with Gasteiger partial charge in [-0.25, -0.2) is 8.42 Å². The quantitative estimate of drug-likeness (QED) is 0.144. The molecule has 4 heterocycles. The van der Waals surface area contributed by atoms with Crippen LogP contribution in [0.15, 0.2) is 75.2 Å². The Morgan fingerprint density at radius 2 is 1.74 bits per heavy atom. The SMILES string of the molecule is O=C(CCC[C@@H]1[C@H]2CCCN3CCC[C@@H](CN1Cc1ccccc1)[C@@H]23)OCCOCCc1no[n+]([O-])c1S(=O)(=O)c1ccccc1. The first kappa shape index (κ1) is 32.6. The average Bonchev–Trinajstić information content (AvgIpc) is 3.45. The van der Waals surface area contributed by atoms with Crippen molar-refractivity contribution in [2.75, 3.05) is 39.5 Å². The third kappa shape index (κ3) is 7.46. The Bertz CT molecular complexity index is 1530. The number of hydrogen-bond acceptors (Lipinski definition) is 10. The third-order valence-electron chi connectivity index (χ3n) is 9.81. The summed E-state index contributed by atoms with van der Waals surface area (Å²) >= 11 is 0. The maximum atomic E-state index is 12.9. The van der Waals surface area contributed by atoms with Crippen LogP contribution in [0.5, 0.6) is 0 Å². The molecule has 46 heavy (non-hydrogen) atoms. The van der Waals surface area contributed by atoms with Crippen LogP contribution in [0.4, 0.5) is 0 Å². The molecule has 3 aliphatic rings. The van der Waals surface area contributed by atoms with E-state index in [0.29, 0.717) is 24.4 Å². The molecule has 248 valence electrons. The lowest BCUT2D eigenvalue weighted by Crippen LogP contribution is -2.64. The van der Waals surface area contributed by atoms with E-state index in [0.717, 1.165) is 31.8 Å². The van der Waals surface area contributed by atoms with Gasteiger partial charge in [0.2, 0.25) is 5.69 Å². The topological polar surface area (TPSA) is 129 Å². The summed E-state index contributed by atoms with van der Waals surface area (Å²) in [4.78, 5) is 18.0. The van der Waals surface area contributed by atoms with Gasteiger partial charge in [-0.15, -0.1) is 0 Å². The standard InChI is InChI=1S/C34H44N4O7S/c39-32(44-23-22-43-21-18-30-34(38(40)45-35-30)46(41,42)28-13-5-2-6-14-28)17-7-16-31-29-15-9-20-36-19-8-12-27(33(29)36)25-37(31)24-26-10-3-1-4-11-26/h1-6,10-11,13-14,27,29,31,33H,7-9,12,15-25H2/t27-,29+,31+,33-/m0/s1. The molecule has 12 heteroatoms. The van der Waals surface area contributed by atoms with E-state index in [2.05, 4.69) is 49.9 Å². The molecule has 6 rings (SSSR count). The number of likely N-dealkylation sites (tertiary alicyclic amines) is 1. The number of piperidine rings is 3. The zero-order valence-corrected chi connectivity index (χ0v) is 27.1. The Balaban J connectivity index is 0.952. The molecule has 0 unspecified atom stereocenters. The summed E-state index contributed by atoms with van der Waals surface area (Å²) in [5.74, 6) is 1.13.